The van der Waals surface area contributed by atoms with Crippen LogP contribution in [-0.4, -0.2) is 36.2 Å². The Bertz CT molecular complexity index is 1150. The van der Waals surface area contributed by atoms with Gasteiger partial charge in [0.15, 0.2) is 17.6 Å². The summed E-state index contributed by atoms with van der Waals surface area (Å²) in [6.07, 6.45) is -1.08. The van der Waals surface area contributed by atoms with Crippen molar-refractivity contribution in [1.82, 2.24) is 4.98 Å². The van der Waals surface area contributed by atoms with Crippen LogP contribution in [0.2, 0.25) is 0 Å². The molecule has 29 heavy (non-hydrogen) atoms. The van der Waals surface area contributed by atoms with E-state index in [0.717, 1.165) is 6.07 Å². The van der Waals surface area contributed by atoms with Crippen molar-refractivity contribution in [3.8, 4) is 11.5 Å². The van der Waals surface area contributed by atoms with Gasteiger partial charge >= 0.3 is 5.97 Å². The molecule has 1 aromatic heterocycles. The number of amides is 1. The number of benzene rings is 2. The topological polar surface area (TPSA) is 107 Å². The lowest BCUT2D eigenvalue weighted by Crippen LogP contribution is -2.30. The number of para-hydroxylation sites is 1. The fourth-order valence-electron chi connectivity index (χ4n) is 3.02. The summed E-state index contributed by atoms with van der Waals surface area (Å²) in [5.74, 6) is -0.120. The number of fused-ring (bicyclic) bond motifs is 2. The second kappa shape index (κ2) is 7.67. The Morgan fingerprint density at radius 3 is 2.66 bits per heavy atom. The quantitative estimate of drug-likeness (QED) is 0.659. The normalized spacial score (nSPS) is 13.6. The monoisotopic (exact) mass is 394 g/mol. The molecule has 2 aromatic carbocycles. The lowest BCUT2D eigenvalue weighted by atomic mass is 10.1. The average molecular weight is 394 g/mol. The van der Waals surface area contributed by atoms with Crippen molar-refractivity contribution in [1.29, 1.82) is 0 Å². The number of H-pyrrole nitrogens is 1. The first-order chi connectivity index (χ1) is 14.0. The van der Waals surface area contributed by atoms with E-state index in [1.165, 1.54) is 6.92 Å². The summed E-state index contributed by atoms with van der Waals surface area (Å²) < 4.78 is 16.2. The highest BCUT2D eigenvalue weighted by Gasteiger charge is 2.22. The summed E-state index contributed by atoms with van der Waals surface area (Å²) in [5.41, 5.74) is 0.677. The molecule has 148 valence electrons. The number of aromatic amines is 1. The van der Waals surface area contributed by atoms with Crippen LogP contribution in [0.1, 0.15) is 17.3 Å². The Morgan fingerprint density at radius 2 is 1.83 bits per heavy atom. The predicted molar refractivity (Wildman–Crippen MR) is 106 cm³/mol. The van der Waals surface area contributed by atoms with Gasteiger partial charge in [0.1, 0.15) is 13.2 Å². The van der Waals surface area contributed by atoms with Gasteiger partial charge in [-0.2, -0.15) is 0 Å². The van der Waals surface area contributed by atoms with E-state index in [-0.39, 0.29) is 5.56 Å². The number of hydrogen-bond acceptors (Lipinski definition) is 6. The first-order valence-corrected chi connectivity index (χ1v) is 9.05. The number of aromatic nitrogens is 1. The SMILES string of the molecule is C[C@H](OC(=O)c1cc(=O)[nH]c2ccccc12)C(=O)Nc1ccc2c(c1)OCCO2. The van der Waals surface area contributed by atoms with E-state index in [4.69, 9.17) is 14.2 Å². The molecule has 0 aliphatic carbocycles. The number of rotatable bonds is 4. The van der Waals surface area contributed by atoms with Crippen LogP contribution >= 0.6 is 0 Å². The van der Waals surface area contributed by atoms with Gasteiger partial charge in [-0.05, 0) is 25.1 Å². The fourth-order valence-corrected chi connectivity index (χ4v) is 3.02. The first kappa shape index (κ1) is 18.5. The number of pyridine rings is 1. The molecule has 1 amide bonds. The maximum atomic E-state index is 12.6. The highest BCUT2D eigenvalue weighted by Crippen LogP contribution is 2.32. The van der Waals surface area contributed by atoms with Gasteiger partial charge in [0.05, 0.1) is 5.56 Å². The van der Waals surface area contributed by atoms with Crippen molar-refractivity contribution in [2.24, 2.45) is 0 Å². The largest absolute Gasteiger partial charge is 0.486 e. The molecule has 0 unspecified atom stereocenters. The zero-order valence-corrected chi connectivity index (χ0v) is 15.6. The fraction of sp³-hybridized carbons (Fsp3) is 0.190. The number of ether oxygens (including phenoxy) is 3. The molecule has 0 fully saturated rings. The first-order valence-electron chi connectivity index (χ1n) is 9.05. The number of nitrogens with one attached hydrogen (secondary N) is 2. The third kappa shape index (κ3) is 3.91. The van der Waals surface area contributed by atoms with Crippen LogP contribution in [0.25, 0.3) is 10.9 Å². The summed E-state index contributed by atoms with van der Waals surface area (Å²) >= 11 is 0. The zero-order valence-electron chi connectivity index (χ0n) is 15.6. The summed E-state index contributed by atoms with van der Waals surface area (Å²) in [4.78, 5) is 39.5. The van der Waals surface area contributed by atoms with Crippen molar-refractivity contribution >= 4 is 28.5 Å². The number of carbonyl (C=O) groups excluding carboxylic acids is 2. The molecule has 1 aliphatic heterocycles. The van der Waals surface area contributed by atoms with Crippen LogP contribution in [0.5, 0.6) is 11.5 Å². The number of hydrogen-bond donors (Lipinski definition) is 2. The van der Waals surface area contributed by atoms with Gasteiger partial charge < -0.3 is 24.5 Å². The third-order valence-corrected chi connectivity index (χ3v) is 4.43. The highest BCUT2D eigenvalue weighted by molar-refractivity contribution is 6.04. The molecule has 2 heterocycles. The summed E-state index contributed by atoms with van der Waals surface area (Å²) in [6.45, 7) is 2.37. The van der Waals surface area contributed by atoms with E-state index in [9.17, 15) is 14.4 Å². The second-order valence-corrected chi connectivity index (χ2v) is 6.49. The van der Waals surface area contributed by atoms with Crippen LogP contribution in [-0.2, 0) is 9.53 Å². The van der Waals surface area contributed by atoms with Crippen molar-refractivity contribution in [3.05, 3.63) is 64.4 Å². The van der Waals surface area contributed by atoms with Gasteiger partial charge in [-0.25, -0.2) is 4.79 Å². The lowest BCUT2D eigenvalue weighted by molar-refractivity contribution is -0.123. The van der Waals surface area contributed by atoms with Crippen LogP contribution in [0.15, 0.2) is 53.3 Å². The Morgan fingerprint density at radius 1 is 1.07 bits per heavy atom. The molecule has 3 aromatic rings. The molecule has 8 heteroatoms. The number of carbonyl (C=O) groups is 2. The molecule has 4 rings (SSSR count). The zero-order chi connectivity index (χ0) is 20.4. The van der Waals surface area contributed by atoms with Crippen molar-refractivity contribution in [2.75, 3.05) is 18.5 Å². The van der Waals surface area contributed by atoms with Crippen LogP contribution < -0.4 is 20.3 Å². The second-order valence-electron chi connectivity index (χ2n) is 6.49. The molecular weight excluding hydrogens is 376 g/mol. The average Bonchev–Trinajstić information content (AvgIpc) is 2.72. The van der Waals surface area contributed by atoms with E-state index in [0.29, 0.717) is 41.3 Å². The lowest BCUT2D eigenvalue weighted by Gasteiger charge is -2.19. The molecule has 0 spiro atoms. The highest BCUT2D eigenvalue weighted by atomic mass is 16.6. The molecule has 2 N–H and O–H groups in total. The van der Waals surface area contributed by atoms with Gasteiger partial charge in [-0.1, -0.05) is 18.2 Å². The Kier molecular flexibility index (Phi) is 4.90. The molecule has 8 nitrogen and oxygen atoms in total. The smallest absolute Gasteiger partial charge is 0.339 e. The van der Waals surface area contributed by atoms with E-state index in [2.05, 4.69) is 10.3 Å². The van der Waals surface area contributed by atoms with Crippen LogP contribution in [0.4, 0.5) is 5.69 Å². The molecule has 0 radical (unpaired) electrons. The van der Waals surface area contributed by atoms with E-state index >= 15 is 0 Å². The predicted octanol–water partition coefficient (Wildman–Crippen LogP) is 2.48. The van der Waals surface area contributed by atoms with Crippen molar-refractivity contribution in [3.63, 3.8) is 0 Å². The van der Waals surface area contributed by atoms with Crippen molar-refractivity contribution in [2.45, 2.75) is 13.0 Å². The summed E-state index contributed by atoms with van der Waals surface area (Å²) in [6, 6.07) is 13.0. The van der Waals surface area contributed by atoms with E-state index in [1.54, 1.807) is 42.5 Å². The molecule has 0 saturated carbocycles. The van der Waals surface area contributed by atoms with Crippen LogP contribution in [0.3, 0.4) is 0 Å². The number of esters is 1. The van der Waals surface area contributed by atoms with Crippen LogP contribution in [0, 0.1) is 0 Å². The Hall–Kier alpha value is -3.81. The maximum Gasteiger partial charge on any atom is 0.339 e. The maximum absolute atomic E-state index is 12.6. The summed E-state index contributed by atoms with van der Waals surface area (Å²) in [5, 5.41) is 3.22. The molecule has 0 bridgehead atoms. The molecule has 1 aliphatic rings. The Balaban J connectivity index is 1.48. The minimum atomic E-state index is -1.08. The number of anilines is 1. The standard InChI is InChI=1S/C21H18N2O6/c1-12(20(25)22-13-6-7-17-18(10-13)28-9-8-27-17)29-21(26)15-11-19(24)23-16-5-3-2-4-14(15)16/h2-7,10-12H,8-9H2,1H3,(H,22,25)(H,23,24)/t12-/m0/s1. The summed E-state index contributed by atoms with van der Waals surface area (Å²) in [7, 11) is 0. The third-order valence-electron chi connectivity index (χ3n) is 4.43. The Labute approximate surface area is 165 Å². The molecular formula is C21H18N2O6. The van der Waals surface area contributed by atoms with E-state index < -0.39 is 23.5 Å². The van der Waals surface area contributed by atoms with Gasteiger partial charge in [0, 0.05) is 28.7 Å². The van der Waals surface area contributed by atoms with Gasteiger partial charge in [0.25, 0.3) is 5.91 Å². The minimum Gasteiger partial charge on any atom is -0.486 e. The van der Waals surface area contributed by atoms with Crippen molar-refractivity contribution < 1.29 is 23.8 Å². The van der Waals surface area contributed by atoms with E-state index in [1.807, 2.05) is 0 Å². The molecule has 0 saturated heterocycles. The van der Waals surface area contributed by atoms with Gasteiger partial charge in [0.2, 0.25) is 5.56 Å². The van der Waals surface area contributed by atoms with Gasteiger partial charge in [-0.15, -0.1) is 0 Å². The minimum absolute atomic E-state index is 0.100. The molecule has 1 atom stereocenters. The van der Waals surface area contributed by atoms with Gasteiger partial charge in [-0.3, -0.25) is 9.59 Å².